The van der Waals surface area contributed by atoms with E-state index >= 15 is 0 Å². The summed E-state index contributed by atoms with van der Waals surface area (Å²) in [5, 5.41) is 5.60. The molecule has 8 heteroatoms. The zero-order valence-electron chi connectivity index (χ0n) is 11.8. The van der Waals surface area contributed by atoms with Crippen LogP contribution in [0.3, 0.4) is 0 Å². The predicted molar refractivity (Wildman–Crippen MR) is 72.6 cm³/mol. The molecule has 0 aliphatic carbocycles. The SMILES string of the molecule is O=C(CN1CCNCC1)NCc1ccc(F)cc1C(F)(F)F. The van der Waals surface area contributed by atoms with Crippen molar-refractivity contribution in [3.63, 3.8) is 0 Å². The Morgan fingerprint density at radius 2 is 1.95 bits per heavy atom. The Morgan fingerprint density at radius 1 is 1.27 bits per heavy atom. The van der Waals surface area contributed by atoms with Gasteiger partial charge in [0.05, 0.1) is 12.1 Å². The van der Waals surface area contributed by atoms with E-state index in [0.29, 0.717) is 6.07 Å². The molecular formula is C14H17F4N3O. The summed E-state index contributed by atoms with van der Waals surface area (Å²) in [6.45, 7) is 2.87. The lowest BCUT2D eigenvalue weighted by Gasteiger charge is -2.26. The standard InChI is InChI=1S/C14H17F4N3O/c15-11-2-1-10(12(7-11)14(16,17)18)8-20-13(22)9-21-5-3-19-4-6-21/h1-2,7,19H,3-6,8-9H2,(H,20,22). The van der Waals surface area contributed by atoms with E-state index in [0.717, 1.165) is 38.3 Å². The van der Waals surface area contributed by atoms with Crippen molar-refractivity contribution in [1.82, 2.24) is 15.5 Å². The van der Waals surface area contributed by atoms with E-state index in [1.165, 1.54) is 0 Å². The highest BCUT2D eigenvalue weighted by molar-refractivity contribution is 5.78. The van der Waals surface area contributed by atoms with Gasteiger partial charge in [-0.1, -0.05) is 6.07 Å². The number of rotatable bonds is 4. The summed E-state index contributed by atoms with van der Waals surface area (Å²) in [5.74, 6) is -1.30. The van der Waals surface area contributed by atoms with Gasteiger partial charge in [-0.05, 0) is 17.7 Å². The molecule has 1 aliphatic rings. The van der Waals surface area contributed by atoms with Gasteiger partial charge in [0.15, 0.2) is 0 Å². The normalized spacial score (nSPS) is 16.5. The molecule has 1 aromatic carbocycles. The van der Waals surface area contributed by atoms with Gasteiger partial charge in [-0.25, -0.2) is 4.39 Å². The van der Waals surface area contributed by atoms with E-state index in [2.05, 4.69) is 10.6 Å². The van der Waals surface area contributed by atoms with Crippen molar-refractivity contribution >= 4 is 5.91 Å². The maximum Gasteiger partial charge on any atom is 0.416 e. The summed E-state index contributed by atoms with van der Waals surface area (Å²) in [4.78, 5) is 13.7. The monoisotopic (exact) mass is 319 g/mol. The van der Waals surface area contributed by atoms with Gasteiger partial charge in [-0.15, -0.1) is 0 Å². The Hall–Kier alpha value is -1.67. The van der Waals surface area contributed by atoms with E-state index in [4.69, 9.17) is 0 Å². The third kappa shape index (κ3) is 4.67. The van der Waals surface area contributed by atoms with Crippen molar-refractivity contribution in [3.8, 4) is 0 Å². The molecule has 0 atom stereocenters. The van der Waals surface area contributed by atoms with Crippen LogP contribution in [0.25, 0.3) is 0 Å². The lowest BCUT2D eigenvalue weighted by atomic mass is 10.1. The molecule has 1 aromatic rings. The van der Waals surface area contributed by atoms with Crippen LogP contribution in [0.2, 0.25) is 0 Å². The molecule has 0 aromatic heterocycles. The molecule has 1 fully saturated rings. The number of benzene rings is 1. The Kier molecular flexibility index (Phi) is 5.36. The highest BCUT2D eigenvalue weighted by Crippen LogP contribution is 2.32. The lowest BCUT2D eigenvalue weighted by Crippen LogP contribution is -2.47. The fourth-order valence-electron chi connectivity index (χ4n) is 2.29. The minimum absolute atomic E-state index is 0.143. The number of piperazine rings is 1. The van der Waals surface area contributed by atoms with Gasteiger partial charge in [-0.3, -0.25) is 9.69 Å². The van der Waals surface area contributed by atoms with E-state index < -0.39 is 17.6 Å². The largest absolute Gasteiger partial charge is 0.416 e. The molecule has 1 saturated heterocycles. The summed E-state index contributed by atoms with van der Waals surface area (Å²) in [6, 6.07) is 2.44. The van der Waals surface area contributed by atoms with Crippen LogP contribution in [0.15, 0.2) is 18.2 Å². The second kappa shape index (κ2) is 7.06. The quantitative estimate of drug-likeness (QED) is 0.824. The summed E-state index contributed by atoms with van der Waals surface area (Å²) < 4.78 is 51.5. The number of carbonyl (C=O) groups excluding carboxylic acids is 1. The van der Waals surface area contributed by atoms with Crippen LogP contribution in [0.4, 0.5) is 17.6 Å². The number of amides is 1. The first kappa shape index (κ1) is 16.7. The third-order valence-electron chi connectivity index (χ3n) is 3.43. The molecule has 0 bridgehead atoms. The topological polar surface area (TPSA) is 44.4 Å². The molecule has 1 aliphatic heterocycles. The van der Waals surface area contributed by atoms with Gasteiger partial charge >= 0.3 is 6.18 Å². The fourth-order valence-corrected chi connectivity index (χ4v) is 2.29. The van der Waals surface area contributed by atoms with E-state index in [-0.39, 0.29) is 24.6 Å². The number of hydrogen-bond acceptors (Lipinski definition) is 3. The van der Waals surface area contributed by atoms with Crippen LogP contribution in [0, 0.1) is 5.82 Å². The van der Waals surface area contributed by atoms with Crippen molar-refractivity contribution in [3.05, 3.63) is 35.1 Å². The molecule has 4 nitrogen and oxygen atoms in total. The predicted octanol–water partition coefficient (Wildman–Crippen LogP) is 1.37. The summed E-state index contributed by atoms with van der Waals surface area (Å²) in [7, 11) is 0. The van der Waals surface area contributed by atoms with Crippen LogP contribution in [0.5, 0.6) is 0 Å². The van der Waals surface area contributed by atoms with E-state index in [9.17, 15) is 22.4 Å². The van der Waals surface area contributed by atoms with Crippen molar-refractivity contribution in [2.75, 3.05) is 32.7 Å². The molecule has 122 valence electrons. The highest BCUT2D eigenvalue weighted by atomic mass is 19.4. The van der Waals surface area contributed by atoms with Crippen molar-refractivity contribution in [1.29, 1.82) is 0 Å². The zero-order chi connectivity index (χ0) is 16.2. The van der Waals surface area contributed by atoms with Gasteiger partial charge in [0, 0.05) is 32.7 Å². The molecule has 0 radical (unpaired) electrons. The molecule has 22 heavy (non-hydrogen) atoms. The number of halogens is 4. The number of nitrogens with one attached hydrogen (secondary N) is 2. The first-order valence-corrected chi connectivity index (χ1v) is 6.91. The van der Waals surface area contributed by atoms with E-state index in [1.807, 2.05) is 4.90 Å². The second-order valence-electron chi connectivity index (χ2n) is 5.10. The van der Waals surface area contributed by atoms with Crippen LogP contribution in [-0.2, 0) is 17.5 Å². The molecule has 0 spiro atoms. The molecule has 0 unspecified atom stereocenters. The maximum absolute atomic E-state index is 13.0. The summed E-state index contributed by atoms with van der Waals surface area (Å²) in [6.07, 6.45) is -4.65. The second-order valence-corrected chi connectivity index (χ2v) is 5.10. The lowest BCUT2D eigenvalue weighted by molar-refractivity contribution is -0.138. The van der Waals surface area contributed by atoms with Crippen LogP contribution >= 0.6 is 0 Å². The summed E-state index contributed by atoms with van der Waals surface area (Å²) >= 11 is 0. The first-order chi connectivity index (χ1) is 10.4. The van der Waals surface area contributed by atoms with E-state index in [1.54, 1.807) is 0 Å². The Labute approximate surface area is 125 Å². The highest BCUT2D eigenvalue weighted by Gasteiger charge is 2.33. The van der Waals surface area contributed by atoms with Gasteiger partial charge < -0.3 is 10.6 Å². The Morgan fingerprint density at radius 3 is 2.59 bits per heavy atom. The van der Waals surface area contributed by atoms with Crippen LogP contribution < -0.4 is 10.6 Å². The van der Waals surface area contributed by atoms with Gasteiger partial charge in [0.2, 0.25) is 5.91 Å². The number of alkyl halides is 3. The molecule has 1 heterocycles. The Balaban J connectivity index is 1.94. The molecule has 2 rings (SSSR count). The average Bonchev–Trinajstić information content (AvgIpc) is 2.46. The smallest absolute Gasteiger partial charge is 0.351 e. The number of nitrogens with zero attached hydrogens (tertiary/aromatic N) is 1. The zero-order valence-corrected chi connectivity index (χ0v) is 11.8. The minimum atomic E-state index is -4.65. The average molecular weight is 319 g/mol. The maximum atomic E-state index is 13.0. The molecular weight excluding hydrogens is 302 g/mol. The Bertz CT molecular complexity index is 527. The molecule has 2 N–H and O–H groups in total. The number of carbonyl (C=O) groups is 1. The minimum Gasteiger partial charge on any atom is -0.351 e. The molecule has 0 saturated carbocycles. The van der Waals surface area contributed by atoms with Gasteiger partial charge in [0.25, 0.3) is 0 Å². The first-order valence-electron chi connectivity index (χ1n) is 6.91. The van der Waals surface area contributed by atoms with Gasteiger partial charge in [-0.2, -0.15) is 13.2 Å². The van der Waals surface area contributed by atoms with Crippen LogP contribution in [-0.4, -0.2) is 43.5 Å². The van der Waals surface area contributed by atoms with Crippen molar-refractivity contribution < 1.29 is 22.4 Å². The third-order valence-corrected chi connectivity index (χ3v) is 3.43. The van der Waals surface area contributed by atoms with Crippen LogP contribution in [0.1, 0.15) is 11.1 Å². The summed E-state index contributed by atoms with van der Waals surface area (Å²) in [5.41, 5.74) is -1.21. The molecule has 1 amide bonds. The van der Waals surface area contributed by atoms with Crippen molar-refractivity contribution in [2.45, 2.75) is 12.7 Å². The number of hydrogen-bond donors (Lipinski definition) is 2. The van der Waals surface area contributed by atoms with Gasteiger partial charge in [0.1, 0.15) is 5.82 Å². The van der Waals surface area contributed by atoms with Crippen molar-refractivity contribution in [2.24, 2.45) is 0 Å². The fraction of sp³-hybridized carbons (Fsp3) is 0.500.